The van der Waals surface area contributed by atoms with E-state index in [4.69, 9.17) is 14.2 Å². The molecule has 2 aromatic rings. The summed E-state index contributed by atoms with van der Waals surface area (Å²) in [5, 5.41) is 2.68. The number of ether oxygens (including phenoxy) is 3. The zero-order valence-electron chi connectivity index (χ0n) is 15.2. The lowest BCUT2D eigenvalue weighted by Gasteiger charge is -2.15. The zero-order valence-corrected chi connectivity index (χ0v) is 15.2. The van der Waals surface area contributed by atoms with Crippen LogP contribution in [-0.4, -0.2) is 31.7 Å². The summed E-state index contributed by atoms with van der Waals surface area (Å²) in [5.41, 5.74) is 1.51. The van der Waals surface area contributed by atoms with Crippen LogP contribution in [0.5, 0.6) is 11.5 Å². The minimum absolute atomic E-state index is 0.0562. The van der Waals surface area contributed by atoms with Crippen LogP contribution in [0.4, 0.5) is 5.69 Å². The van der Waals surface area contributed by atoms with Crippen molar-refractivity contribution in [3.63, 3.8) is 0 Å². The molecule has 0 spiro atoms. The van der Waals surface area contributed by atoms with Crippen LogP contribution in [0.1, 0.15) is 18.9 Å². The van der Waals surface area contributed by atoms with Crippen molar-refractivity contribution in [3.05, 3.63) is 54.1 Å². The molecule has 0 unspecified atom stereocenters. The molecule has 0 aliphatic rings. The number of para-hydroxylation sites is 3. The van der Waals surface area contributed by atoms with E-state index < -0.39 is 18.0 Å². The largest absolute Gasteiger partial charge is 0.495 e. The third-order valence-electron chi connectivity index (χ3n) is 3.70. The summed E-state index contributed by atoms with van der Waals surface area (Å²) < 4.78 is 15.9. The molecule has 1 N–H and O–H groups in total. The van der Waals surface area contributed by atoms with Crippen molar-refractivity contribution in [2.75, 3.05) is 19.0 Å². The second-order valence-electron chi connectivity index (χ2n) is 5.69. The van der Waals surface area contributed by atoms with Crippen molar-refractivity contribution in [1.82, 2.24) is 0 Å². The van der Waals surface area contributed by atoms with Crippen molar-refractivity contribution in [2.45, 2.75) is 26.4 Å². The SMILES string of the molecule is COc1ccccc1NC(=O)[C@H](C)OC(=O)CCOc1ccccc1C. The first-order valence-corrected chi connectivity index (χ1v) is 8.33. The van der Waals surface area contributed by atoms with Crippen LogP contribution in [0.15, 0.2) is 48.5 Å². The maximum Gasteiger partial charge on any atom is 0.310 e. The first-order chi connectivity index (χ1) is 12.5. The Bertz CT molecular complexity index is 759. The average molecular weight is 357 g/mol. The number of hydrogen-bond acceptors (Lipinski definition) is 5. The number of benzene rings is 2. The number of carbonyl (C=O) groups is 2. The topological polar surface area (TPSA) is 73.9 Å². The van der Waals surface area contributed by atoms with Gasteiger partial charge >= 0.3 is 5.97 Å². The Labute approximate surface area is 153 Å². The summed E-state index contributed by atoms with van der Waals surface area (Å²) >= 11 is 0. The van der Waals surface area contributed by atoms with Crippen LogP contribution in [0.25, 0.3) is 0 Å². The molecule has 0 bridgehead atoms. The van der Waals surface area contributed by atoms with Crippen molar-refractivity contribution < 1.29 is 23.8 Å². The Morgan fingerprint density at radius 2 is 1.69 bits per heavy atom. The number of aryl methyl sites for hydroxylation is 1. The molecular formula is C20H23NO5. The molecule has 0 aromatic heterocycles. The summed E-state index contributed by atoms with van der Waals surface area (Å²) in [5.74, 6) is 0.331. The van der Waals surface area contributed by atoms with Gasteiger partial charge in [0.25, 0.3) is 5.91 Å². The molecule has 0 saturated carbocycles. The molecule has 138 valence electrons. The summed E-state index contributed by atoms with van der Waals surface area (Å²) in [4.78, 5) is 24.1. The van der Waals surface area contributed by atoms with Gasteiger partial charge in [-0.15, -0.1) is 0 Å². The quantitative estimate of drug-likeness (QED) is 0.734. The predicted molar refractivity (Wildman–Crippen MR) is 98.5 cm³/mol. The molecule has 0 radical (unpaired) electrons. The van der Waals surface area contributed by atoms with E-state index in [1.165, 1.54) is 14.0 Å². The first kappa shape index (κ1) is 19.3. The summed E-state index contributed by atoms with van der Waals surface area (Å²) in [6, 6.07) is 14.6. The van der Waals surface area contributed by atoms with Crippen molar-refractivity contribution >= 4 is 17.6 Å². The van der Waals surface area contributed by atoms with Crippen LogP contribution in [0.3, 0.4) is 0 Å². The Balaban J connectivity index is 1.79. The highest BCUT2D eigenvalue weighted by molar-refractivity contribution is 5.96. The molecule has 6 heteroatoms. The van der Waals surface area contributed by atoms with Gasteiger partial charge in [0.1, 0.15) is 11.5 Å². The zero-order chi connectivity index (χ0) is 18.9. The minimum Gasteiger partial charge on any atom is -0.495 e. The summed E-state index contributed by atoms with van der Waals surface area (Å²) in [6.07, 6.45) is -0.869. The van der Waals surface area contributed by atoms with Crippen molar-refractivity contribution in [2.24, 2.45) is 0 Å². The fourth-order valence-corrected chi connectivity index (χ4v) is 2.25. The predicted octanol–water partition coefficient (Wildman–Crippen LogP) is 3.34. The van der Waals surface area contributed by atoms with Crippen molar-refractivity contribution in [3.8, 4) is 11.5 Å². The van der Waals surface area contributed by atoms with Gasteiger partial charge in [-0.3, -0.25) is 9.59 Å². The molecule has 1 amide bonds. The fourth-order valence-electron chi connectivity index (χ4n) is 2.25. The van der Waals surface area contributed by atoms with Crippen molar-refractivity contribution in [1.29, 1.82) is 0 Å². The van der Waals surface area contributed by atoms with E-state index in [2.05, 4.69) is 5.32 Å². The van der Waals surface area contributed by atoms with E-state index in [1.54, 1.807) is 24.3 Å². The average Bonchev–Trinajstić information content (AvgIpc) is 2.63. The lowest BCUT2D eigenvalue weighted by molar-refractivity contribution is -0.153. The van der Waals surface area contributed by atoms with Crippen LogP contribution in [0, 0.1) is 6.92 Å². The third-order valence-corrected chi connectivity index (χ3v) is 3.70. The highest BCUT2D eigenvalue weighted by Gasteiger charge is 2.19. The van der Waals surface area contributed by atoms with Crippen LogP contribution in [0.2, 0.25) is 0 Å². The van der Waals surface area contributed by atoms with Gasteiger partial charge in [-0.25, -0.2) is 0 Å². The second-order valence-corrected chi connectivity index (χ2v) is 5.69. The molecule has 1 atom stereocenters. The van der Waals surface area contributed by atoms with Gasteiger partial charge < -0.3 is 19.5 Å². The van der Waals surface area contributed by atoms with E-state index >= 15 is 0 Å². The van der Waals surface area contributed by atoms with Gasteiger partial charge in [0.15, 0.2) is 6.10 Å². The number of esters is 1. The molecule has 0 aliphatic heterocycles. The monoisotopic (exact) mass is 357 g/mol. The number of rotatable bonds is 8. The molecule has 26 heavy (non-hydrogen) atoms. The molecule has 0 fully saturated rings. The van der Waals surface area contributed by atoms with Gasteiger partial charge in [0.05, 0.1) is 25.8 Å². The maximum absolute atomic E-state index is 12.2. The molecule has 0 heterocycles. The molecule has 2 aromatic carbocycles. The molecule has 6 nitrogen and oxygen atoms in total. The number of amides is 1. The maximum atomic E-state index is 12.2. The van der Waals surface area contributed by atoms with Crippen LogP contribution >= 0.6 is 0 Å². The highest BCUT2D eigenvalue weighted by Crippen LogP contribution is 2.23. The van der Waals surface area contributed by atoms with E-state index in [0.29, 0.717) is 11.4 Å². The highest BCUT2D eigenvalue weighted by atomic mass is 16.5. The van der Waals surface area contributed by atoms with Gasteiger partial charge in [-0.05, 0) is 37.6 Å². The molecule has 0 saturated heterocycles. The molecule has 2 rings (SSSR count). The number of methoxy groups -OCH3 is 1. The first-order valence-electron chi connectivity index (χ1n) is 8.33. The number of hydrogen-bond donors (Lipinski definition) is 1. The minimum atomic E-state index is -0.925. The van der Waals surface area contributed by atoms with Gasteiger partial charge in [-0.1, -0.05) is 30.3 Å². The Kier molecular flexibility index (Phi) is 7.02. The number of carbonyl (C=O) groups excluding carboxylic acids is 2. The standard InChI is InChI=1S/C20H23NO5/c1-14-8-4-6-10-17(14)25-13-12-19(22)26-15(2)20(23)21-16-9-5-7-11-18(16)24-3/h4-11,15H,12-13H2,1-3H3,(H,21,23)/t15-/m0/s1. The van der Waals surface area contributed by atoms with Crippen LogP contribution < -0.4 is 14.8 Å². The van der Waals surface area contributed by atoms with Gasteiger partial charge in [0, 0.05) is 0 Å². The number of nitrogens with one attached hydrogen (secondary N) is 1. The normalized spacial score (nSPS) is 11.3. The van der Waals surface area contributed by atoms with E-state index in [-0.39, 0.29) is 13.0 Å². The smallest absolute Gasteiger partial charge is 0.310 e. The molecular weight excluding hydrogens is 334 g/mol. The molecule has 0 aliphatic carbocycles. The fraction of sp³-hybridized carbons (Fsp3) is 0.300. The lowest BCUT2D eigenvalue weighted by Crippen LogP contribution is -2.30. The van der Waals surface area contributed by atoms with E-state index in [1.807, 2.05) is 31.2 Å². The Hall–Kier alpha value is -3.02. The summed E-state index contributed by atoms with van der Waals surface area (Å²) in [7, 11) is 1.52. The summed E-state index contributed by atoms with van der Waals surface area (Å²) in [6.45, 7) is 3.63. The van der Waals surface area contributed by atoms with E-state index in [0.717, 1.165) is 11.3 Å². The third kappa shape index (κ3) is 5.51. The lowest BCUT2D eigenvalue weighted by atomic mass is 10.2. The second kappa shape index (κ2) is 9.46. The van der Waals surface area contributed by atoms with Crippen LogP contribution in [-0.2, 0) is 14.3 Å². The number of anilines is 1. The van der Waals surface area contributed by atoms with Gasteiger partial charge in [0.2, 0.25) is 0 Å². The van der Waals surface area contributed by atoms with E-state index in [9.17, 15) is 9.59 Å². The Morgan fingerprint density at radius 3 is 2.38 bits per heavy atom. The van der Waals surface area contributed by atoms with Gasteiger partial charge in [-0.2, -0.15) is 0 Å². The Morgan fingerprint density at radius 1 is 1.04 bits per heavy atom.